The van der Waals surface area contributed by atoms with E-state index in [0.29, 0.717) is 22.8 Å². The van der Waals surface area contributed by atoms with Crippen LogP contribution in [0.25, 0.3) is 21.9 Å². The van der Waals surface area contributed by atoms with Crippen LogP contribution in [0.4, 0.5) is 4.39 Å². The first-order valence-electron chi connectivity index (χ1n) is 9.34. The number of thiophene rings is 1. The summed E-state index contributed by atoms with van der Waals surface area (Å²) in [6, 6.07) is 8.66. The van der Waals surface area contributed by atoms with Crippen LogP contribution in [0, 0.1) is 5.82 Å². The predicted octanol–water partition coefficient (Wildman–Crippen LogP) is 3.77. The van der Waals surface area contributed by atoms with Gasteiger partial charge in [0.1, 0.15) is 21.9 Å². The summed E-state index contributed by atoms with van der Waals surface area (Å²) in [4.78, 5) is 5.36. The predicted molar refractivity (Wildman–Crippen MR) is 114 cm³/mol. The third kappa shape index (κ3) is 3.14. The number of aliphatic imine (C=N–C) groups is 1. The molecule has 0 bridgehead atoms. The van der Waals surface area contributed by atoms with Crippen molar-refractivity contribution in [1.29, 1.82) is 0 Å². The van der Waals surface area contributed by atoms with Crippen LogP contribution in [-0.2, 0) is 15.4 Å². The van der Waals surface area contributed by atoms with Gasteiger partial charge in [0.05, 0.1) is 10.6 Å². The summed E-state index contributed by atoms with van der Waals surface area (Å²) in [6.07, 6.45) is 1.54. The molecule has 0 spiro atoms. The Hall–Kier alpha value is -2.59. The van der Waals surface area contributed by atoms with E-state index in [4.69, 9.17) is 10.2 Å². The molecule has 0 amide bonds. The highest BCUT2D eigenvalue weighted by Gasteiger charge is 2.51. The van der Waals surface area contributed by atoms with Crippen LogP contribution in [0.2, 0.25) is 0 Å². The Morgan fingerprint density at radius 2 is 2.00 bits per heavy atom. The van der Waals surface area contributed by atoms with Crippen molar-refractivity contribution in [2.24, 2.45) is 10.7 Å². The number of sulfone groups is 1. The fraction of sp³-hybridized carbons (Fsp3) is 0.350. The van der Waals surface area contributed by atoms with Crippen molar-refractivity contribution >= 4 is 27.0 Å². The van der Waals surface area contributed by atoms with E-state index < -0.39 is 25.9 Å². The van der Waals surface area contributed by atoms with Gasteiger partial charge in [0.2, 0.25) is 12.3 Å². The largest absolute Gasteiger partial charge is 0.423 e. The number of halogens is 1. The molecule has 2 N–H and O–H groups in total. The van der Waals surface area contributed by atoms with Crippen LogP contribution < -0.4 is 5.73 Å². The van der Waals surface area contributed by atoms with E-state index in [1.165, 1.54) is 23.8 Å². The summed E-state index contributed by atoms with van der Waals surface area (Å²) in [6.45, 7) is 4.93. The minimum Gasteiger partial charge on any atom is -0.423 e. The summed E-state index contributed by atoms with van der Waals surface area (Å²) in [5.41, 5.74) is 6.25. The van der Waals surface area contributed by atoms with Gasteiger partial charge in [-0.15, -0.1) is 21.5 Å². The smallest absolute Gasteiger partial charge is 0.247 e. The molecule has 7 nitrogen and oxygen atoms in total. The third-order valence-electron chi connectivity index (χ3n) is 5.67. The number of amidine groups is 1. The van der Waals surface area contributed by atoms with Gasteiger partial charge in [-0.05, 0) is 44.0 Å². The highest BCUT2D eigenvalue weighted by molar-refractivity contribution is 7.93. The van der Waals surface area contributed by atoms with Crippen LogP contribution in [0.3, 0.4) is 0 Å². The average molecular weight is 449 g/mol. The van der Waals surface area contributed by atoms with E-state index >= 15 is 4.39 Å². The second-order valence-electron chi connectivity index (χ2n) is 7.73. The molecule has 158 valence electrons. The van der Waals surface area contributed by atoms with Gasteiger partial charge in [-0.1, -0.05) is 19.1 Å². The Morgan fingerprint density at radius 3 is 2.63 bits per heavy atom. The normalized spacial score (nSPS) is 25.8. The van der Waals surface area contributed by atoms with Crippen molar-refractivity contribution < 1.29 is 17.2 Å². The molecule has 10 heteroatoms. The number of nitrogens with two attached hydrogens (primary N) is 1. The van der Waals surface area contributed by atoms with E-state index in [1.54, 1.807) is 20.8 Å². The van der Waals surface area contributed by atoms with Gasteiger partial charge in [0.15, 0.2) is 9.84 Å². The third-order valence-corrected chi connectivity index (χ3v) is 9.90. The van der Waals surface area contributed by atoms with Crippen LogP contribution >= 0.6 is 11.3 Å². The zero-order valence-electron chi connectivity index (χ0n) is 16.7. The first-order chi connectivity index (χ1) is 14.1. The minimum atomic E-state index is -3.63. The van der Waals surface area contributed by atoms with Crippen LogP contribution in [0.1, 0.15) is 32.1 Å². The quantitative estimate of drug-likeness (QED) is 0.650. The van der Waals surface area contributed by atoms with E-state index in [0.717, 1.165) is 5.56 Å². The monoisotopic (exact) mass is 448 g/mol. The Kier molecular flexibility index (Phi) is 4.81. The van der Waals surface area contributed by atoms with Crippen molar-refractivity contribution in [1.82, 2.24) is 10.2 Å². The van der Waals surface area contributed by atoms with E-state index in [2.05, 4.69) is 15.2 Å². The maximum atomic E-state index is 15.0. The van der Waals surface area contributed by atoms with Crippen molar-refractivity contribution in [3.8, 4) is 21.9 Å². The highest BCUT2D eigenvalue weighted by atomic mass is 32.2. The lowest BCUT2D eigenvalue weighted by Crippen LogP contribution is -2.56. The molecule has 1 aliphatic heterocycles. The second-order valence-corrected chi connectivity index (χ2v) is 11.2. The molecule has 0 radical (unpaired) electrons. The van der Waals surface area contributed by atoms with Crippen LogP contribution in [-0.4, -0.2) is 35.0 Å². The van der Waals surface area contributed by atoms with Gasteiger partial charge in [-0.2, -0.15) is 0 Å². The molecule has 0 saturated carbocycles. The summed E-state index contributed by atoms with van der Waals surface area (Å²) in [5.74, 6) is -0.432. The molecule has 0 unspecified atom stereocenters. The maximum absolute atomic E-state index is 15.0. The first kappa shape index (κ1) is 20.7. The topological polar surface area (TPSA) is 111 Å². The van der Waals surface area contributed by atoms with Crippen molar-refractivity contribution in [3.05, 3.63) is 47.4 Å². The summed E-state index contributed by atoms with van der Waals surface area (Å²) >= 11 is 1.17. The lowest BCUT2D eigenvalue weighted by atomic mass is 10.00. The fourth-order valence-electron chi connectivity index (χ4n) is 3.60. The minimum absolute atomic E-state index is 0.0199. The molecule has 4 rings (SSSR count). The zero-order valence-corrected chi connectivity index (χ0v) is 18.3. The van der Waals surface area contributed by atoms with E-state index in [1.807, 2.05) is 24.3 Å². The second kappa shape index (κ2) is 6.98. The number of hydrogen-bond donors (Lipinski definition) is 1. The summed E-state index contributed by atoms with van der Waals surface area (Å²) < 4.78 is 45.0. The molecular formula is C20H21FN4O3S2. The Bertz CT molecular complexity index is 1240. The lowest BCUT2D eigenvalue weighted by Gasteiger charge is -2.38. The van der Waals surface area contributed by atoms with Gasteiger partial charge in [0.25, 0.3) is 0 Å². The fourth-order valence-corrected chi connectivity index (χ4v) is 6.89. The van der Waals surface area contributed by atoms with Crippen molar-refractivity contribution in [2.75, 3.05) is 5.75 Å². The molecule has 2 atom stereocenters. The molecule has 0 aliphatic carbocycles. The SMILES string of the molecule is CC[C@]1(C)C(N)=N[C@](C)(c2sc(-c3cccc(-c4nnco4)c3)cc2F)CS1(=O)=O. The zero-order chi connectivity index (χ0) is 21.7. The van der Waals surface area contributed by atoms with Crippen molar-refractivity contribution in [3.63, 3.8) is 0 Å². The van der Waals surface area contributed by atoms with Gasteiger partial charge >= 0.3 is 0 Å². The summed E-state index contributed by atoms with van der Waals surface area (Å²) in [5, 5.41) is 7.56. The molecule has 30 heavy (non-hydrogen) atoms. The van der Waals surface area contributed by atoms with E-state index in [9.17, 15) is 8.42 Å². The Morgan fingerprint density at radius 1 is 1.27 bits per heavy atom. The average Bonchev–Trinajstić information content (AvgIpc) is 3.36. The van der Waals surface area contributed by atoms with Crippen molar-refractivity contribution in [2.45, 2.75) is 37.5 Å². The number of rotatable bonds is 4. The molecule has 1 aromatic carbocycles. The number of nitrogens with zero attached hydrogens (tertiary/aromatic N) is 3. The molecule has 2 aromatic heterocycles. The molecule has 0 saturated heterocycles. The van der Waals surface area contributed by atoms with Gasteiger partial charge < -0.3 is 10.2 Å². The molecule has 1 aliphatic rings. The lowest BCUT2D eigenvalue weighted by molar-refractivity contribution is 0.479. The first-order valence-corrected chi connectivity index (χ1v) is 11.8. The van der Waals surface area contributed by atoms with Gasteiger partial charge in [-0.3, -0.25) is 4.99 Å². The molecule has 3 aromatic rings. The molecule has 3 heterocycles. The van der Waals surface area contributed by atoms with Gasteiger partial charge in [0, 0.05) is 10.4 Å². The van der Waals surface area contributed by atoms with E-state index in [-0.39, 0.29) is 16.5 Å². The molecule has 0 fully saturated rings. The van der Waals surface area contributed by atoms with Crippen LogP contribution in [0.5, 0.6) is 0 Å². The highest BCUT2D eigenvalue weighted by Crippen LogP contribution is 2.44. The van der Waals surface area contributed by atoms with Crippen LogP contribution in [0.15, 0.2) is 46.1 Å². The number of aromatic nitrogens is 2. The summed E-state index contributed by atoms with van der Waals surface area (Å²) in [7, 11) is -3.63. The number of benzene rings is 1. The standard InChI is InChI=1S/C20H21FN4O3S2/c1-4-20(3)18(22)24-19(2,10-30(20,26)27)16-14(21)9-15(29-16)12-6-5-7-13(8-12)17-25-23-11-28-17/h5-9,11H,4,10H2,1-3H3,(H2,22,24)/t19-,20+/m0/s1. The maximum Gasteiger partial charge on any atom is 0.247 e. The van der Waals surface area contributed by atoms with Gasteiger partial charge in [-0.25, -0.2) is 12.8 Å². The Labute approximate surface area is 177 Å². The number of hydrogen-bond acceptors (Lipinski definition) is 8. The molecular weight excluding hydrogens is 427 g/mol. The Balaban J connectivity index is 1.78.